The number of hydrogen-bond donors (Lipinski definition) is 1. The van der Waals surface area contributed by atoms with Gasteiger partial charge in [-0.25, -0.2) is 17.9 Å². The lowest BCUT2D eigenvalue weighted by Gasteiger charge is -2.31. The third-order valence-electron chi connectivity index (χ3n) is 5.80. The summed E-state index contributed by atoms with van der Waals surface area (Å²) in [4.78, 5) is 14.7. The fraction of sp³-hybridized carbons (Fsp3) is 0.423. The number of likely N-dealkylation sites (tertiary alicyclic amines) is 1. The number of amides is 1. The predicted octanol–water partition coefficient (Wildman–Crippen LogP) is 4.86. The van der Waals surface area contributed by atoms with Crippen molar-refractivity contribution < 1.29 is 17.9 Å². The van der Waals surface area contributed by atoms with Crippen LogP contribution in [0.15, 0.2) is 55.1 Å². The zero-order valence-corrected chi connectivity index (χ0v) is 20.7. The fourth-order valence-electron chi connectivity index (χ4n) is 4.23. The lowest BCUT2D eigenvalue weighted by atomic mass is 9.91. The van der Waals surface area contributed by atoms with Gasteiger partial charge in [0.15, 0.2) is 0 Å². The summed E-state index contributed by atoms with van der Waals surface area (Å²) < 4.78 is 33.2. The van der Waals surface area contributed by atoms with Crippen LogP contribution in [0.1, 0.15) is 45.2 Å². The molecule has 0 bridgehead atoms. The molecule has 1 heterocycles. The highest BCUT2D eigenvalue weighted by Crippen LogP contribution is 2.31. The first kappa shape index (κ1) is 25.0. The van der Waals surface area contributed by atoms with Crippen LogP contribution in [0.2, 0.25) is 0 Å². The summed E-state index contributed by atoms with van der Waals surface area (Å²) in [6, 6.07) is 15.3. The highest BCUT2D eigenvalue weighted by molar-refractivity contribution is 7.89. The van der Waals surface area contributed by atoms with E-state index in [2.05, 4.69) is 11.3 Å². The lowest BCUT2D eigenvalue weighted by molar-refractivity contribution is 0.0218. The molecule has 1 fully saturated rings. The van der Waals surface area contributed by atoms with Crippen LogP contribution in [-0.4, -0.2) is 49.4 Å². The number of carbonyl (C=O) groups excluding carboxylic acids is 1. The monoisotopic (exact) mass is 470 g/mol. The number of hydrogen-bond acceptors (Lipinski definition) is 4. The van der Waals surface area contributed by atoms with Crippen molar-refractivity contribution in [1.82, 2.24) is 9.62 Å². The molecule has 7 heteroatoms. The predicted molar refractivity (Wildman–Crippen MR) is 133 cm³/mol. The summed E-state index contributed by atoms with van der Waals surface area (Å²) in [5, 5.41) is 0. The van der Waals surface area contributed by atoms with Gasteiger partial charge in [-0.1, -0.05) is 61.2 Å². The molecule has 33 heavy (non-hydrogen) atoms. The first-order chi connectivity index (χ1) is 15.5. The maximum atomic E-state index is 13.0. The first-order valence-electron chi connectivity index (χ1n) is 11.3. The highest BCUT2D eigenvalue weighted by Gasteiger charge is 2.40. The van der Waals surface area contributed by atoms with Crippen molar-refractivity contribution in [3.63, 3.8) is 0 Å². The molecular formula is C26H34N2O4S. The van der Waals surface area contributed by atoms with Gasteiger partial charge >= 0.3 is 6.09 Å². The zero-order chi connectivity index (χ0) is 24.2. The normalized spacial score (nSPS) is 18.8. The minimum atomic E-state index is -3.43. The minimum Gasteiger partial charge on any atom is -0.444 e. The molecule has 2 atom stereocenters. The van der Waals surface area contributed by atoms with Crippen molar-refractivity contribution in [2.45, 2.75) is 58.2 Å². The fourth-order valence-corrected chi connectivity index (χ4v) is 5.13. The van der Waals surface area contributed by atoms with Gasteiger partial charge in [-0.15, -0.1) is 0 Å². The molecule has 0 aliphatic carbocycles. The van der Waals surface area contributed by atoms with Gasteiger partial charge in [0.05, 0.1) is 11.8 Å². The van der Waals surface area contributed by atoms with E-state index in [9.17, 15) is 13.2 Å². The van der Waals surface area contributed by atoms with E-state index in [1.54, 1.807) is 11.8 Å². The van der Waals surface area contributed by atoms with E-state index in [0.29, 0.717) is 19.4 Å². The summed E-state index contributed by atoms with van der Waals surface area (Å²) in [6.45, 7) is 11.5. The second kappa shape index (κ2) is 10.1. The Hall–Kier alpha value is -2.64. The van der Waals surface area contributed by atoms with E-state index in [1.165, 1.54) is 0 Å². The van der Waals surface area contributed by atoms with Crippen molar-refractivity contribution in [3.05, 3.63) is 66.2 Å². The Morgan fingerprint density at radius 3 is 2.48 bits per heavy atom. The molecule has 2 aromatic carbocycles. The number of nitrogens with one attached hydrogen (secondary N) is 1. The Morgan fingerprint density at radius 1 is 1.18 bits per heavy atom. The van der Waals surface area contributed by atoms with Gasteiger partial charge in [-0.2, -0.15) is 0 Å². The summed E-state index contributed by atoms with van der Waals surface area (Å²) in [7, 11) is -3.43. The van der Waals surface area contributed by atoms with E-state index in [1.807, 2.05) is 75.4 Å². The molecular weight excluding hydrogens is 436 g/mol. The Morgan fingerprint density at radius 2 is 1.88 bits per heavy atom. The molecule has 1 amide bonds. The van der Waals surface area contributed by atoms with E-state index in [-0.39, 0.29) is 17.8 Å². The van der Waals surface area contributed by atoms with E-state index < -0.39 is 21.7 Å². The van der Waals surface area contributed by atoms with E-state index in [4.69, 9.17) is 4.74 Å². The average Bonchev–Trinajstić information content (AvgIpc) is 3.14. The van der Waals surface area contributed by atoms with E-state index >= 15 is 0 Å². The van der Waals surface area contributed by atoms with Gasteiger partial charge in [-0.05, 0) is 62.8 Å². The number of ether oxygens (including phenoxy) is 1. The topological polar surface area (TPSA) is 75.7 Å². The van der Waals surface area contributed by atoms with Crippen molar-refractivity contribution in [2.75, 3.05) is 12.3 Å². The van der Waals surface area contributed by atoms with Crippen LogP contribution < -0.4 is 4.72 Å². The number of rotatable bonds is 7. The molecule has 1 saturated heterocycles. The molecule has 3 rings (SSSR count). The molecule has 0 spiro atoms. The maximum Gasteiger partial charge on any atom is 0.410 e. The molecule has 0 radical (unpaired) electrons. The van der Waals surface area contributed by atoms with Gasteiger partial charge in [0.1, 0.15) is 5.60 Å². The van der Waals surface area contributed by atoms with Crippen molar-refractivity contribution in [1.29, 1.82) is 0 Å². The smallest absolute Gasteiger partial charge is 0.410 e. The number of nitrogens with zero attached hydrogens (tertiary/aromatic N) is 1. The summed E-state index contributed by atoms with van der Waals surface area (Å²) >= 11 is 0. The molecule has 2 unspecified atom stereocenters. The van der Waals surface area contributed by atoms with Crippen LogP contribution in [-0.2, 0) is 21.2 Å². The molecule has 1 aliphatic rings. The minimum absolute atomic E-state index is 0.00986. The van der Waals surface area contributed by atoms with Crippen molar-refractivity contribution in [3.8, 4) is 11.1 Å². The Kier molecular flexibility index (Phi) is 7.65. The third kappa shape index (κ3) is 6.24. The van der Waals surface area contributed by atoms with Crippen LogP contribution in [0.5, 0.6) is 0 Å². The van der Waals surface area contributed by atoms with Gasteiger partial charge in [0.25, 0.3) is 0 Å². The SMILES string of the molecule is C=Cc1c(CC2C(NS(=O)(=O)CC)CCN2C(=O)OC(C)(C)C)cccc1-c1ccccc1. The largest absolute Gasteiger partial charge is 0.444 e. The van der Waals surface area contributed by atoms with Gasteiger partial charge in [-0.3, -0.25) is 0 Å². The van der Waals surface area contributed by atoms with Crippen LogP contribution in [0.25, 0.3) is 17.2 Å². The third-order valence-corrected chi connectivity index (χ3v) is 7.22. The zero-order valence-electron chi connectivity index (χ0n) is 19.9. The molecule has 6 nitrogen and oxygen atoms in total. The standard InChI is InChI=1S/C26H34N2O4S/c1-6-21-20(14-11-15-22(21)19-12-9-8-10-13-19)18-24-23(27-33(30,31)7-2)16-17-28(24)25(29)32-26(3,4)5/h6,8-15,23-24,27H,1,7,16-18H2,2-5H3. The summed E-state index contributed by atoms with van der Waals surface area (Å²) in [5.74, 6) is -0.00986. The van der Waals surface area contributed by atoms with Crippen LogP contribution in [0, 0.1) is 0 Å². The number of carbonyl (C=O) groups is 1. The van der Waals surface area contributed by atoms with Gasteiger partial charge in [0.2, 0.25) is 10.0 Å². The quantitative estimate of drug-likeness (QED) is 0.627. The van der Waals surface area contributed by atoms with E-state index in [0.717, 1.165) is 22.3 Å². The van der Waals surface area contributed by atoms with Gasteiger partial charge < -0.3 is 9.64 Å². The first-order valence-corrected chi connectivity index (χ1v) is 13.0. The molecule has 1 aliphatic heterocycles. The summed E-state index contributed by atoms with van der Waals surface area (Å²) in [5.41, 5.74) is 3.48. The molecule has 178 valence electrons. The van der Waals surface area contributed by atoms with Crippen LogP contribution in [0.4, 0.5) is 4.79 Å². The maximum absolute atomic E-state index is 13.0. The highest BCUT2D eigenvalue weighted by atomic mass is 32.2. The molecule has 0 saturated carbocycles. The Bertz CT molecular complexity index is 1090. The average molecular weight is 471 g/mol. The Labute approximate surface area is 197 Å². The molecule has 0 aromatic heterocycles. The lowest BCUT2D eigenvalue weighted by Crippen LogP contribution is -2.49. The Balaban J connectivity index is 1.98. The second-order valence-electron chi connectivity index (χ2n) is 9.31. The molecule has 2 aromatic rings. The van der Waals surface area contributed by atoms with Crippen LogP contribution >= 0.6 is 0 Å². The number of sulfonamides is 1. The number of benzene rings is 2. The second-order valence-corrected chi connectivity index (χ2v) is 11.4. The van der Waals surface area contributed by atoms with Crippen molar-refractivity contribution >= 4 is 22.2 Å². The molecule has 1 N–H and O–H groups in total. The summed E-state index contributed by atoms with van der Waals surface area (Å²) in [6.07, 6.45) is 2.42. The van der Waals surface area contributed by atoms with Crippen LogP contribution in [0.3, 0.4) is 0 Å². The van der Waals surface area contributed by atoms with Crippen molar-refractivity contribution in [2.24, 2.45) is 0 Å². The van der Waals surface area contributed by atoms with Gasteiger partial charge in [0, 0.05) is 12.6 Å².